The molecule has 0 saturated heterocycles. The summed E-state index contributed by atoms with van der Waals surface area (Å²) in [7, 11) is 0. The van der Waals surface area contributed by atoms with Crippen LogP contribution in [0, 0.1) is 5.82 Å². The molecule has 2 aromatic carbocycles. The molecule has 0 saturated carbocycles. The minimum absolute atomic E-state index is 0.318. The lowest BCUT2D eigenvalue weighted by atomic mass is 9.99. The van der Waals surface area contributed by atoms with E-state index < -0.39 is 6.04 Å². The van der Waals surface area contributed by atoms with Crippen LogP contribution in [0.2, 0.25) is 5.02 Å². The fourth-order valence-corrected chi connectivity index (χ4v) is 2.45. The van der Waals surface area contributed by atoms with Gasteiger partial charge in [0.05, 0.1) is 0 Å². The van der Waals surface area contributed by atoms with Crippen molar-refractivity contribution in [2.45, 2.75) is 12.5 Å². The van der Waals surface area contributed by atoms with Crippen LogP contribution in [0.1, 0.15) is 17.2 Å². The molecule has 0 aliphatic rings. The maximum atomic E-state index is 13.7. The van der Waals surface area contributed by atoms with Crippen molar-refractivity contribution in [3.05, 3.63) is 68.9 Å². The standard InChI is InChI=1S/C14H12BrClFN/c15-10-3-1-2-9(6-10)7-14(18)12-8-11(16)4-5-13(12)17/h1-6,8,14H,7,18H2. The summed E-state index contributed by atoms with van der Waals surface area (Å²) in [6.07, 6.45) is 0.566. The van der Waals surface area contributed by atoms with Gasteiger partial charge in [-0.1, -0.05) is 39.7 Å². The average Bonchev–Trinajstić information content (AvgIpc) is 2.32. The van der Waals surface area contributed by atoms with Gasteiger partial charge in [0.25, 0.3) is 0 Å². The summed E-state index contributed by atoms with van der Waals surface area (Å²) in [5.74, 6) is -0.318. The summed E-state index contributed by atoms with van der Waals surface area (Å²) in [6, 6.07) is 11.9. The maximum absolute atomic E-state index is 13.7. The van der Waals surface area contributed by atoms with Crippen molar-refractivity contribution in [1.82, 2.24) is 0 Å². The zero-order valence-corrected chi connectivity index (χ0v) is 11.9. The molecule has 0 aromatic heterocycles. The van der Waals surface area contributed by atoms with Gasteiger partial charge in [-0.2, -0.15) is 0 Å². The normalized spacial score (nSPS) is 12.4. The number of benzene rings is 2. The predicted molar refractivity (Wildman–Crippen MR) is 76.2 cm³/mol. The second-order valence-corrected chi connectivity index (χ2v) is 5.46. The number of nitrogens with two attached hydrogens (primary N) is 1. The van der Waals surface area contributed by atoms with Crippen molar-refractivity contribution in [1.29, 1.82) is 0 Å². The Hall–Kier alpha value is -0.900. The zero-order chi connectivity index (χ0) is 13.1. The van der Waals surface area contributed by atoms with E-state index in [9.17, 15) is 4.39 Å². The number of halogens is 3. The molecule has 0 aliphatic heterocycles. The van der Waals surface area contributed by atoms with Crippen molar-refractivity contribution in [2.75, 3.05) is 0 Å². The minimum Gasteiger partial charge on any atom is -0.324 e. The van der Waals surface area contributed by atoms with E-state index in [0.29, 0.717) is 17.0 Å². The third-order valence-corrected chi connectivity index (χ3v) is 3.43. The van der Waals surface area contributed by atoms with Gasteiger partial charge in [0, 0.05) is 21.1 Å². The number of hydrogen-bond acceptors (Lipinski definition) is 1. The maximum Gasteiger partial charge on any atom is 0.128 e. The lowest BCUT2D eigenvalue weighted by molar-refractivity contribution is 0.580. The van der Waals surface area contributed by atoms with Crippen LogP contribution in [0.5, 0.6) is 0 Å². The van der Waals surface area contributed by atoms with E-state index in [1.165, 1.54) is 12.1 Å². The fraction of sp³-hybridized carbons (Fsp3) is 0.143. The number of hydrogen-bond donors (Lipinski definition) is 1. The van der Waals surface area contributed by atoms with E-state index in [0.717, 1.165) is 10.0 Å². The predicted octanol–water partition coefficient (Wildman–Crippen LogP) is 4.48. The highest BCUT2D eigenvalue weighted by Gasteiger charge is 2.12. The van der Waals surface area contributed by atoms with Crippen molar-refractivity contribution >= 4 is 27.5 Å². The molecule has 0 spiro atoms. The van der Waals surface area contributed by atoms with Gasteiger partial charge >= 0.3 is 0 Å². The highest BCUT2D eigenvalue weighted by Crippen LogP contribution is 2.23. The molecule has 0 amide bonds. The SMILES string of the molecule is NC(Cc1cccc(Br)c1)c1cc(Cl)ccc1F. The van der Waals surface area contributed by atoms with Crippen LogP contribution >= 0.6 is 27.5 Å². The quantitative estimate of drug-likeness (QED) is 0.883. The van der Waals surface area contributed by atoms with Gasteiger partial charge in [0.1, 0.15) is 5.82 Å². The summed E-state index contributed by atoms with van der Waals surface area (Å²) in [6.45, 7) is 0. The summed E-state index contributed by atoms with van der Waals surface area (Å²) >= 11 is 9.26. The summed E-state index contributed by atoms with van der Waals surface area (Å²) in [5.41, 5.74) is 7.53. The highest BCUT2D eigenvalue weighted by atomic mass is 79.9. The highest BCUT2D eigenvalue weighted by molar-refractivity contribution is 9.10. The van der Waals surface area contributed by atoms with Gasteiger partial charge < -0.3 is 5.73 Å². The van der Waals surface area contributed by atoms with Crippen molar-refractivity contribution in [3.63, 3.8) is 0 Å². The molecule has 2 aromatic rings. The Kier molecular flexibility index (Phi) is 4.38. The van der Waals surface area contributed by atoms with Crippen LogP contribution in [0.25, 0.3) is 0 Å². The molecule has 4 heteroatoms. The third kappa shape index (κ3) is 3.31. The molecule has 0 fully saturated rings. The van der Waals surface area contributed by atoms with Crippen molar-refractivity contribution in [2.24, 2.45) is 5.73 Å². The Morgan fingerprint density at radius 1 is 1.22 bits per heavy atom. The first kappa shape index (κ1) is 13.5. The molecule has 0 bridgehead atoms. The zero-order valence-electron chi connectivity index (χ0n) is 9.54. The molecular weight excluding hydrogens is 317 g/mol. The van der Waals surface area contributed by atoms with Crippen LogP contribution in [0.3, 0.4) is 0 Å². The molecule has 0 heterocycles. The second kappa shape index (κ2) is 5.83. The second-order valence-electron chi connectivity index (χ2n) is 4.11. The molecule has 1 unspecified atom stereocenters. The molecule has 2 rings (SSSR count). The van der Waals surface area contributed by atoms with Gasteiger partial charge in [-0.25, -0.2) is 4.39 Å². The largest absolute Gasteiger partial charge is 0.324 e. The molecule has 0 aliphatic carbocycles. The lowest BCUT2D eigenvalue weighted by Crippen LogP contribution is -2.15. The van der Waals surface area contributed by atoms with Crippen LogP contribution < -0.4 is 5.73 Å². The Balaban J connectivity index is 2.21. The van der Waals surface area contributed by atoms with E-state index in [1.54, 1.807) is 6.07 Å². The molecule has 94 valence electrons. The Morgan fingerprint density at radius 2 is 2.00 bits per heavy atom. The summed E-state index contributed by atoms with van der Waals surface area (Å²) in [5, 5.41) is 0.496. The summed E-state index contributed by atoms with van der Waals surface area (Å²) < 4.78 is 14.6. The molecule has 1 nitrogen and oxygen atoms in total. The van der Waals surface area contributed by atoms with Crippen LogP contribution in [0.15, 0.2) is 46.9 Å². The molecule has 2 N–H and O–H groups in total. The molecule has 18 heavy (non-hydrogen) atoms. The topological polar surface area (TPSA) is 26.0 Å². The number of rotatable bonds is 3. The van der Waals surface area contributed by atoms with Gasteiger partial charge in [0.2, 0.25) is 0 Å². The average molecular weight is 329 g/mol. The third-order valence-electron chi connectivity index (χ3n) is 2.70. The van der Waals surface area contributed by atoms with E-state index in [1.807, 2.05) is 24.3 Å². The molecule has 0 radical (unpaired) electrons. The van der Waals surface area contributed by atoms with Crippen molar-refractivity contribution < 1.29 is 4.39 Å². The van der Waals surface area contributed by atoms with Gasteiger partial charge in [-0.3, -0.25) is 0 Å². The van der Waals surface area contributed by atoms with Gasteiger partial charge in [0.15, 0.2) is 0 Å². The minimum atomic E-state index is -0.405. The van der Waals surface area contributed by atoms with Crippen LogP contribution in [-0.4, -0.2) is 0 Å². The first-order valence-corrected chi connectivity index (χ1v) is 6.68. The van der Waals surface area contributed by atoms with E-state index in [4.69, 9.17) is 17.3 Å². The molecular formula is C14H12BrClFN. The first-order valence-electron chi connectivity index (χ1n) is 5.51. The fourth-order valence-electron chi connectivity index (χ4n) is 1.83. The Morgan fingerprint density at radius 3 is 2.72 bits per heavy atom. The molecule has 1 atom stereocenters. The lowest BCUT2D eigenvalue weighted by Gasteiger charge is -2.13. The van der Waals surface area contributed by atoms with Crippen LogP contribution in [0.4, 0.5) is 4.39 Å². The van der Waals surface area contributed by atoms with E-state index in [2.05, 4.69) is 15.9 Å². The van der Waals surface area contributed by atoms with Gasteiger partial charge in [-0.05, 0) is 42.3 Å². The Bertz CT molecular complexity index is 559. The van der Waals surface area contributed by atoms with Crippen molar-refractivity contribution in [3.8, 4) is 0 Å². The first-order chi connectivity index (χ1) is 8.56. The summed E-state index contributed by atoms with van der Waals surface area (Å²) in [4.78, 5) is 0. The Labute approximate surface area is 119 Å². The van der Waals surface area contributed by atoms with Gasteiger partial charge in [-0.15, -0.1) is 0 Å². The van der Waals surface area contributed by atoms with Crippen LogP contribution in [-0.2, 0) is 6.42 Å². The van der Waals surface area contributed by atoms with E-state index in [-0.39, 0.29) is 5.82 Å². The smallest absolute Gasteiger partial charge is 0.128 e. The van der Waals surface area contributed by atoms with E-state index >= 15 is 0 Å². The monoisotopic (exact) mass is 327 g/mol.